The van der Waals surface area contributed by atoms with Crippen LogP contribution >= 0.6 is 0 Å². The number of hydrogen-bond acceptors (Lipinski definition) is 4. The second-order valence-electron chi connectivity index (χ2n) is 5.23. The topological polar surface area (TPSA) is 88.7 Å². The molecule has 0 bridgehead atoms. The SMILES string of the molecule is COc1ccccc1NC(=O)Nc1cccc(NC(=O)[C@@H](C)OC)c1. The predicted molar refractivity (Wildman–Crippen MR) is 97.2 cm³/mol. The molecule has 7 nitrogen and oxygen atoms in total. The van der Waals surface area contributed by atoms with Crippen LogP contribution in [-0.2, 0) is 9.53 Å². The molecule has 0 aromatic heterocycles. The Balaban J connectivity index is 2.01. The van der Waals surface area contributed by atoms with Crippen LogP contribution in [0.1, 0.15) is 6.92 Å². The molecule has 2 rings (SSSR count). The Kier molecular flexibility index (Phi) is 6.36. The van der Waals surface area contributed by atoms with E-state index in [1.165, 1.54) is 14.2 Å². The highest BCUT2D eigenvalue weighted by Gasteiger charge is 2.12. The molecule has 7 heteroatoms. The van der Waals surface area contributed by atoms with E-state index < -0.39 is 12.1 Å². The van der Waals surface area contributed by atoms with E-state index in [0.29, 0.717) is 22.8 Å². The highest BCUT2D eigenvalue weighted by Crippen LogP contribution is 2.23. The zero-order chi connectivity index (χ0) is 18.2. The van der Waals surface area contributed by atoms with Crippen LogP contribution in [0.15, 0.2) is 48.5 Å². The molecule has 0 fully saturated rings. The van der Waals surface area contributed by atoms with Gasteiger partial charge in [-0.05, 0) is 37.3 Å². The summed E-state index contributed by atoms with van der Waals surface area (Å²) < 4.78 is 10.2. The van der Waals surface area contributed by atoms with Gasteiger partial charge in [-0.25, -0.2) is 4.79 Å². The Morgan fingerprint density at radius 2 is 1.60 bits per heavy atom. The van der Waals surface area contributed by atoms with Gasteiger partial charge >= 0.3 is 6.03 Å². The van der Waals surface area contributed by atoms with Crippen LogP contribution in [0, 0.1) is 0 Å². The van der Waals surface area contributed by atoms with E-state index in [4.69, 9.17) is 9.47 Å². The summed E-state index contributed by atoms with van der Waals surface area (Å²) in [6, 6.07) is 13.5. The third-order valence-corrected chi connectivity index (χ3v) is 3.47. The van der Waals surface area contributed by atoms with Crippen molar-refractivity contribution in [1.82, 2.24) is 0 Å². The molecule has 2 aromatic rings. The highest BCUT2D eigenvalue weighted by atomic mass is 16.5. The summed E-state index contributed by atoms with van der Waals surface area (Å²) in [5.41, 5.74) is 1.65. The zero-order valence-electron chi connectivity index (χ0n) is 14.3. The van der Waals surface area contributed by atoms with Crippen molar-refractivity contribution in [2.75, 3.05) is 30.2 Å². The van der Waals surface area contributed by atoms with Gasteiger partial charge in [0, 0.05) is 18.5 Å². The molecule has 3 amide bonds. The third-order valence-electron chi connectivity index (χ3n) is 3.47. The number of hydrogen-bond donors (Lipinski definition) is 3. The van der Waals surface area contributed by atoms with Crippen LogP contribution in [0.3, 0.4) is 0 Å². The van der Waals surface area contributed by atoms with Crippen molar-refractivity contribution in [3.63, 3.8) is 0 Å². The van der Waals surface area contributed by atoms with Crippen molar-refractivity contribution < 1.29 is 19.1 Å². The van der Waals surface area contributed by atoms with Crippen molar-refractivity contribution >= 4 is 29.0 Å². The van der Waals surface area contributed by atoms with Crippen LogP contribution in [0.25, 0.3) is 0 Å². The Hall–Kier alpha value is -3.06. The predicted octanol–water partition coefficient (Wildman–Crippen LogP) is 3.31. The fourth-order valence-corrected chi connectivity index (χ4v) is 2.06. The van der Waals surface area contributed by atoms with Gasteiger partial charge in [0.25, 0.3) is 5.91 Å². The van der Waals surface area contributed by atoms with Crippen LogP contribution in [-0.4, -0.2) is 32.3 Å². The van der Waals surface area contributed by atoms with Crippen molar-refractivity contribution in [2.24, 2.45) is 0 Å². The summed E-state index contributed by atoms with van der Waals surface area (Å²) in [5.74, 6) is 0.297. The first-order chi connectivity index (χ1) is 12.0. The van der Waals surface area contributed by atoms with Crippen molar-refractivity contribution in [3.05, 3.63) is 48.5 Å². The maximum absolute atomic E-state index is 12.2. The minimum absolute atomic E-state index is 0.266. The molecule has 0 aliphatic rings. The van der Waals surface area contributed by atoms with Gasteiger partial charge in [-0.2, -0.15) is 0 Å². The lowest BCUT2D eigenvalue weighted by Gasteiger charge is -2.13. The van der Waals surface area contributed by atoms with Crippen molar-refractivity contribution in [1.29, 1.82) is 0 Å². The summed E-state index contributed by atoms with van der Waals surface area (Å²) in [4.78, 5) is 24.0. The molecule has 0 heterocycles. The maximum atomic E-state index is 12.2. The minimum atomic E-state index is -0.564. The van der Waals surface area contributed by atoms with E-state index in [1.807, 2.05) is 6.07 Å². The van der Waals surface area contributed by atoms with Gasteiger partial charge in [-0.3, -0.25) is 4.79 Å². The zero-order valence-corrected chi connectivity index (χ0v) is 14.3. The molecule has 3 N–H and O–H groups in total. The van der Waals surface area contributed by atoms with Crippen molar-refractivity contribution in [3.8, 4) is 5.75 Å². The molecule has 25 heavy (non-hydrogen) atoms. The average Bonchev–Trinajstić information content (AvgIpc) is 2.61. The summed E-state index contributed by atoms with van der Waals surface area (Å²) in [6.07, 6.45) is -0.564. The highest BCUT2D eigenvalue weighted by molar-refractivity contribution is 6.01. The molecule has 0 aliphatic carbocycles. The number of carbonyl (C=O) groups is 2. The molecule has 0 radical (unpaired) electrons. The second kappa shape index (κ2) is 8.70. The van der Waals surface area contributed by atoms with Gasteiger partial charge in [-0.15, -0.1) is 0 Å². The standard InChI is InChI=1S/C18H21N3O4/c1-12(24-2)17(22)19-13-7-6-8-14(11-13)20-18(23)21-15-9-4-5-10-16(15)25-3/h4-12H,1-3H3,(H,19,22)(H2,20,21,23)/t12-/m1/s1. The first-order valence-corrected chi connectivity index (χ1v) is 7.68. The minimum Gasteiger partial charge on any atom is -0.495 e. The van der Waals surface area contributed by atoms with E-state index in [1.54, 1.807) is 49.4 Å². The molecular weight excluding hydrogens is 322 g/mol. The van der Waals surface area contributed by atoms with Gasteiger partial charge in [0.2, 0.25) is 0 Å². The van der Waals surface area contributed by atoms with Gasteiger partial charge in [0.1, 0.15) is 11.9 Å². The smallest absolute Gasteiger partial charge is 0.323 e. The molecular formula is C18H21N3O4. The van der Waals surface area contributed by atoms with Crippen LogP contribution in [0.4, 0.5) is 21.9 Å². The molecule has 132 valence electrons. The number of rotatable bonds is 6. The van der Waals surface area contributed by atoms with Crippen LogP contribution in [0.2, 0.25) is 0 Å². The lowest BCUT2D eigenvalue weighted by molar-refractivity contribution is -0.124. The summed E-state index contributed by atoms with van der Waals surface area (Å²) in [5, 5.41) is 8.14. The molecule has 0 spiro atoms. The summed E-state index contributed by atoms with van der Waals surface area (Å²) >= 11 is 0. The van der Waals surface area contributed by atoms with Crippen LogP contribution < -0.4 is 20.7 Å². The average molecular weight is 343 g/mol. The largest absolute Gasteiger partial charge is 0.495 e. The van der Waals surface area contributed by atoms with Gasteiger partial charge in [0.15, 0.2) is 0 Å². The van der Waals surface area contributed by atoms with Crippen molar-refractivity contribution in [2.45, 2.75) is 13.0 Å². The quantitative estimate of drug-likeness (QED) is 0.751. The van der Waals surface area contributed by atoms with Gasteiger partial charge < -0.3 is 25.4 Å². The van der Waals surface area contributed by atoms with E-state index in [2.05, 4.69) is 16.0 Å². The van der Waals surface area contributed by atoms with E-state index >= 15 is 0 Å². The number of ether oxygens (including phenoxy) is 2. The van der Waals surface area contributed by atoms with Gasteiger partial charge in [-0.1, -0.05) is 18.2 Å². The number of methoxy groups -OCH3 is 2. The number of carbonyl (C=O) groups excluding carboxylic acids is 2. The maximum Gasteiger partial charge on any atom is 0.323 e. The Bertz CT molecular complexity index is 749. The number of urea groups is 1. The second-order valence-corrected chi connectivity index (χ2v) is 5.23. The van der Waals surface area contributed by atoms with E-state index in [-0.39, 0.29) is 5.91 Å². The molecule has 0 aliphatic heterocycles. The molecule has 0 saturated carbocycles. The third kappa shape index (κ3) is 5.22. The number of anilines is 3. The number of amides is 3. The lowest BCUT2D eigenvalue weighted by Crippen LogP contribution is -2.26. The number of nitrogens with one attached hydrogen (secondary N) is 3. The van der Waals surface area contributed by atoms with E-state index in [0.717, 1.165) is 0 Å². The van der Waals surface area contributed by atoms with Gasteiger partial charge in [0.05, 0.1) is 12.8 Å². The fraction of sp³-hybridized carbons (Fsp3) is 0.222. The summed E-state index contributed by atoms with van der Waals surface area (Å²) in [7, 11) is 3.00. The normalized spacial score (nSPS) is 11.3. The Morgan fingerprint density at radius 3 is 2.28 bits per heavy atom. The molecule has 2 aromatic carbocycles. The monoisotopic (exact) mass is 343 g/mol. The lowest BCUT2D eigenvalue weighted by atomic mass is 10.2. The first-order valence-electron chi connectivity index (χ1n) is 7.68. The fourth-order valence-electron chi connectivity index (χ4n) is 2.06. The molecule has 0 unspecified atom stereocenters. The number of para-hydroxylation sites is 2. The van der Waals surface area contributed by atoms with E-state index in [9.17, 15) is 9.59 Å². The Morgan fingerprint density at radius 1 is 0.920 bits per heavy atom. The molecule has 0 saturated heterocycles. The number of benzene rings is 2. The van der Waals surface area contributed by atoms with Crippen LogP contribution in [0.5, 0.6) is 5.75 Å². The first kappa shape index (κ1) is 18.3. The molecule has 1 atom stereocenters. The Labute approximate surface area is 146 Å². The summed E-state index contributed by atoms with van der Waals surface area (Å²) in [6.45, 7) is 1.65.